The van der Waals surface area contributed by atoms with E-state index in [2.05, 4.69) is 43.7 Å². The molecule has 4 heteroatoms. The summed E-state index contributed by atoms with van der Waals surface area (Å²) in [6, 6.07) is 8.40. The summed E-state index contributed by atoms with van der Waals surface area (Å²) in [4.78, 5) is 4.53. The van der Waals surface area contributed by atoms with Crippen LogP contribution < -0.4 is 5.32 Å². The number of nitrogens with one attached hydrogen (secondary N) is 1. The van der Waals surface area contributed by atoms with E-state index in [0.717, 1.165) is 15.2 Å². The molecule has 1 aromatic heterocycles. The maximum absolute atomic E-state index is 4.53. The third-order valence-electron chi connectivity index (χ3n) is 2.39. The van der Waals surface area contributed by atoms with Crippen molar-refractivity contribution in [2.24, 2.45) is 0 Å². The zero-order valence-corrected chi connectivity index (χ0v) is 11.6. The van der Waals surface area contributed by atoms with Crippen molar-refractivity contribution >= 4 is 27.3 Å². The molecule has 0 radical (unpaired) electrons. The molecule has 0 aliphatic rings. The first kappa shape index (κ1) is 11.8. The van der Waals surface area contributed by atoms with E-state index in [4.69, 9.17) is 0 Å². The Morgan fingerprint density at radius 1 is 1.38 bits per heavy atom. The molecule has 0 aliphatic heterocycles. The first-order valence-corrected chi connectivity index (χ1v) is 6.73. The number of aromatic nitrogens is 1. The van der Waals surface area contributed by atoms with Crippen molar-refractivity contribution in [1.29, 1.82) is 0 Å². The standard InChI is InChI=1S/C12H13BrN2S/c1-8-7-16-12(15-8)11(14-2)9-5-3-4-6-10(9)13/h3-7,11,14H,1-2H3. The van der Waals surface area contributed by atoms with Crippen LogP contribution in [0.4, 0.5) is 0 Å². The Bertz CT molecular complexity index is 481. The second-order valence-electron chi connectivity index (χ2n) is 3.57. The minimum Gasteiger partial charge on any atom is -0.307 e. The normalized spacial score (nSPS) is 12.7. The third kappa shape index (κ3) is 2.34. The lowest BCUT2D eigenvalue weighted by Crippen LogP contribution is -2.17. The average molecular weight is 297 g/mol. The smallest absolute Gasteiger partial charge is 0.114 e. The highest BCUT2D eigenvalue weighted by atomic mass is 79.9. The van der Waals surface area contributed by atoms with Crippen LogP contribution in [0, 0.1) is 6.92 Å². The average Bonchev–Trinajstić information content (AvgIpc) is 2.69. The maximum atomic E-state index is 4.53. The van der Waals surface area contributed by atoms with Crippen LogP contribution in [0.25, 0.3) is 0 Å². The Morgan fingerprint density at radius 3 is 2.69 bits per heavy atom. The van der Waals surface area contributed by atoms with Gasteiger partial charge in [-0.3, -0.25) is 0 Å². The predicted octanol–water partition coefficient (Wildman–Crippen LogP) is 3.52. The highest BCUT2D eigenvalue weighted by molar-refractivity contribution is 9.10. The van der Waals surface area contributed by atoms with Crippen molar-refractivity contribution in [2.75, 3.05) is 7.05 Å². The van der Waals surface area contributed by atoms with Gasteiger partial charge in [0.25, 0.3) is 0 Å². The Kier molecular flexibility index (Phi) is 3.74. The lowest BCUT2D eigenvalue weighted by atomic mass is 10.1. The lowest BCUT2D eigenvalue weighted by molar-refractivity contribution is 0.682. The molecule has 2 rings (SSSR count). The predicted molar refractivity (Wildman–Crippen MR) is 71.9 cm³/mol. The molecule has 2 aromatic rings. The van der Waals surface area contributed by atoms with Crippen LogP contribution >= 0.6 is 27.3 Å². The Morgan fingerprint density at radius 2 is 2.12 bits per heavy atom. The fraction of sp³-hybridized carbons (Fsp3) is 0.250. The summed E-state index contributed by atoms with van der Waals surface area (Å²) in [6.07, 6.45) is 0. The largest absolute Gasteiger partial charge is 0.307 e. The molecule has 16 heavy (non-hydrogen) atoms. The Balaban J connectivity index is 2.40. The van der Waals surface area contributed by atoms with Crippen molar-refractivity contribution < 1.29 is 0 Å². The van der Waals surface area contributed by atoms with E-state index >= 15 is 0 Å². The van der Waals surface area contributed by atoms with Gasteiger partial charge in [-0.1, -0.05) is 34.1 Å². The molecule has 1 atom stereocenters. The third-order valence-corrected chi connectivity index (χ3v) is 4.14. The number of aryl methyl sites for hydroxylation is 1. The molecule has 0 saturated carbocycles. The minimum absolute atomic E-state index is 0.161. The van der Waals surface area contributed by atoms with E-state index < -0.39 is 0 Å². The first-order chi connectivity index (χ1) is 7.72. The molecule has 0 spiro atoms. The van der Waals surface area contributed by atoms with Crippen LogP contribution in [0.1, 0.15) is 22.3 Å². The van der Waals surface area contributed by atoms with E-state index in [-0.39, 0.29) is 6.04 Å². The topological polar surface area (TPSA) is 24.9 Å². The molecular formula is C12H13BrN2S. The van der Waals surface area contributed by atoms with Crippen molar-refractivity contribution in [3.8, 4) is 0 Å². The molecule has 84 valence electrons. The number of nitrogens with zero attached hydrogens (tertiary/aromatic N) is 1. The summed E-state index contributed by atoms with van der Waals surface area (Å²) in [6.45, 7) is 2.02. The highest BCUT2D eigenvalue weighted by Crippen LogP contribution is 2.29. The summed E-state index contributed by atoms with van der Waals surface area (Å²) in [5.74, 6) is 0. The number of benzene rings is 1. The van der Waals surface area contributed by atoms with Gasteiger partial charge in [0.2, 0.25) is 0 Å². The maximum Gasteiger partial charge on any atom is 0.114 e. The van der Waals surface area contributed by atoms with E-state index in [1.54, 1.807) is 11.3 Å². The number of halogens is 1. The second-order valence-corrected chi connectivity index (χ2v) is 5.31. The van der Waals surface area contributed by atoms with E-state index in [1.165, 1.54) is 5.56 Å². The SMILES string of the molecule is CNC(c1nc(C)cs1)c1ccccc1Br. The molecule has 2 nitrogen and oxygen atoms in total. The molecule has 0 saturated heterocycles. The van der Waals surface area contributed by atoms with Gasteiger partial charge >= 0.3 is 0 Å². The van der Waals surface area contributed by atoms with Gasteiger partial charge in [-0.15, -0.1) is 11.3 Å². The van der Waals surface area contributed by atoms with Crippen molar-refractivity contribution in [2.45, 2.75) is 13.0 Å². The van der Waals surface area contributed by atoms with Gasteiger partial charge in [-0.2, -0.15) is 0 Å². The zero-order valence-electron chi connectivity index (χ0n) is 9.20. The number of hydrogen-bond donors (Lipinski definition) is 1. The Hall–Kier alpha value is -0.710. The Labute approximate surface area is 108 Å². The van der Waals surface area contributed by atoms with E-state index in [1.807, 2.05) is 26.1 Å². The number of hydrogen-bond acceptors (Lipinski definition) is 3. The fourth-order valence-electron chi connectivity index (χ4n) is 1.63. The molecule has 1 unspecified atom stereocenters. The molecule has 0 bridgehead atoms. The van der Waals surface area contributed by atoms with Crippen LogP contribution in [-0.2, 0) is 0 Å². The summed E-state index contributed by atoms with van der Waals surface area (Å²) in [5.41, 5.74) is 2.30. The van der Waals surface area contributed by atoms with Gasteiger partial charge < -0.3 is 5.32 Å². The van der Waals surface area contributed by atoms with Crippen LogP contribution in [-0.4, -0.2) is 12.0 Å². The molecule has 0 aliphatic carbocycles. The molecular weight excluding hydrogens is 284 g/mol. The fourth-order valence-corrected chi connectivity index (χ4v) is 3.06. The number of thiazole rings is 1. The summed E-state index contributed by atoms with van der Waals surface area (Å²) < 4.78 is 1.11. The van der Waals surface area contributed by atoms with E-state index in [0.29, 0.717) is 0 Å². The van der Waals surface area contributed by atoms with Gasteiger partial charge in [0.15, 0.2) is 0 Å². The molecule has 1 heterocycles. The van der Waals surface area contributed by atoms with Gasteiger partial charge in [-0.05, 0) is 25.6 Å². The van der Waals surface area contributed by atoms with Crippen LogP contribution in [0.15, 0.2) is 34.1 Å². The van der Waals surface area contributed by atoms with Crippen LogP contribution in [0.3, 0.4) is 0 Å². The quantitative estimate of drug-likeness (QED) is 0.937. The summed E-state index contributed by atoms with van der Waals surface area (Å²) in [5, 5.41) is 6.49. The van der Waals surface area contributed by atoms with Crippen LogP contribution in [0.2, 0.25) is 0 Å². The lowest BCUT2D eigenvalue weighted by Gasteiger charge is -2.15. The van der Waals surface area contributed by atoms with Crippen molar-refractivity contribution in [1.82, 2.24) is 10.3 Å². The van der Waals surface area contributed by atoms with Crippen molar-refractivity contribution in [3.63, 3.8) is 0 Å². The second kappa shape index (κ2) is 5.08. The zero-order chi connectivity index (χ0) is 11.5. The van der Waals surface area contributed by atoms with Gasteiger partial charge in [-0.25, -0.2) is 4.98 Å². The summed E-state index contributed by atoms with van der Waals surface area (Å²) in [7, 11) is 1.96. The van der Waals surface area contributed by atoms with Crippen LogP contribution in [0.5, 0.6) is 0 Å². The van der Waals surface area contributed by atoms with Crippen molar-refractivity contribution in [3.05, 3.63) is 50.4 Å². The molecule has 1 N–H and O–H groups in total. The van der Waals surface area contributed by atoms with E-state index in [9.17, 15) is 0 Å². The van der Waals surface area contributed by atoms with Gasteiger partial charge in [0.1, 0.15) is 5.01 Å². The highest BCUT2D eigenvalue weighted by Gasteiger charge is 2.17. The van der Waals surface area contributed by atoms with Gasteiger partial charge in [0, 0.05) is 15.5 Å². The minimum atomic E-state index is 0.161. The monoisotopic (exact) mass is 296 g/mol. The molecule has 1 aromatic carbocycles. The first-order valence-electron chi connectivity index (χ1n) is 5.06. The molecule has 0 amide bonds. The molecule has 0 fully saturated rings. The van der Waals surface area contributed by atoms with Gasteiger partial charge in [0.05, 0.1) is 6.04 Å². The summed E-state index contributed by atoms with van der Waals surface area (Å²) >= 11 is 5.27. The number of rotatable bonds is 3.